The highest BCUT2D eigenvalue weighted by atomic mass is 16.7. The molecule has 2 aliphatic rings. The maximum Gasteiger partial charge on any atom is 0.168 e. The molecule has 1 heterocycles. The van der Waals surface area contributed by atoms with Crippen LogP contribution in [0, 0.1) is 5.92 Å². The van der Waals surface area contributed by atoms with Gasteiger partial charge in [0.2, 0.25) is 0 Å². The van der Waals surface area contributed by atoms with Crippen molar-refractivity contribution in [3.63, 3.8) is 0 Å². The highest BCUT2D eigenvalue weighted by Crippen LogP contribution is 2.38. The molecule has 1 spiro atoms. The van der Waals surface area contributed by atoms with Crippen LogP contribution in [0.25, 0.3) is 0 Å². The molecule has 0 aromatic heterocycles. The Morgan fingerprint density at radius 1 is 1.20 bits per heavy atom. The second-order valence-corrected chi connectivity index (χ2v) is 5.48. The zero-order valence-electron chi connectivity index (χ0n) is 10.1. The Labute approximate surface area is 93.3 Å². The number of rotatable bonds is 2. The fourth-order valence-corrected chi connectivity index (χ4v) is 2.82. The molecule has 0 aromatic carbocycles. The fourth-order valence-electron chi connectivity index (χ4n) is 2.82. The van der Waals surface area contributed by atoms with Crippen LogP contribution in [0.4, 0.5) is 0 Å². The van der Waals surface area contributed by atoms with E-state index in [4.69, 9.17) is 9.47 Å². The Bertz CT molecular complexity index is 189. The van der Waals surface area contributed by atoms with Crippen molar-refractivity contribution in [2.45, 2.75) is 70.7 Å². The topological polar surface area (TPSA) is 18.5 Å². The summed E-state index contributed by atoms with van der Waals surface area (Å²) < 4.78 is 12.1. The molecule has 2 rings (SSSR count). The second-order valence-electron chi connectivity index (χ2n) is 5.48. The van der Waals surface area contributed by atoms with E-state index in [2.05, 4.69) is 13.8 Å². The molecule has 0 radical (unpaired) electrons. The van der Waals surface area contributed by atoms with Crippen molar-refractivity contribution >= 4 is 0 Å². The predicted octanol–water partition coefficient (Wildman–Crippen LogP) is 3.50. The van der Waals surface area contributed by atoms with Gasteiger partial charge in [-0.05, 0) is 31.6 Å². The molecule has 1 atom stereocenters. The Morgan fingerprint density at radius 3 is 2.60 bits per heavy atom. The van der Waals surface area contributed by atoms with E-state index in [0.29, 0.717) is 6.10 Å². The standard InChI is InChI=1S/C13H24O2/c1-11(2)10-12-6-9-14-13(15-12)7-4-3-5-8-13/h11-12H,3-10H2,1-2H3. The van der Waals surface area contributed by atoms with Crippen molar-refractivity contribution in [1.82, 2.24) is 0 Å². The van der Waals surface area contributed by atoms with Gasteiger partial charge in [-0.2, -0.15) is 0 Å². The summed E-state index contributed by atoms with van der Waals surface area (Å²) in [5.41, 5.74) is 0. The van der Waals surface area contributed by atoms with E-state index in [1.165, 1.54) is 25.7 Å². The quantitative estimate of drug-likeness (QED) is 0.697. The van der Waals surface area contributed by atoms with E-state index in [1.807, 2.05) is 0 Å². The first-order valence-electron chi connectivity index (χ1n) is 6.52. The van der Waals surface area contributed by atoms with Crippen LogP contribution in [0.5, 0.6) is 0 Å². The van der Waals surface area contributed by atoms with E-state index in [-0.39, 0.29) is 5.79 Å². The summed E-state index contributed by atoms with van der Waals surface area (Å²) in [5, 5.41) is 0. The van der Waals surface area contributed by atoms with Crippen molar-refractivity contribution in [3.05, 3.63) is 0 Å². The molecule has 2 heteroatoms. The van der Waals surface area contributed by atoms with Crippen LogP contribution in [0.3, 0.4) is 0 Å². The van der Waals surface area contributed by atoms with Crippen LogP contribution in [-0.2, 0) is 9.47 Å². The number of hydrogen-bond donors (Lipinski definition) is 0. The number of ether oxygens (including phenoxy) is 2. The Kier molecular flexibility index (Phi) is 3.68. The first-order valence-corrected chi connectivity index (χ1v) is 6.52. The van der Waals surface area contributed by atoms with Crippen LogP contribution < -0.4 is 0 Å². The van der Waals surface area contributed by atoms with E-state index in [1.54, 1.807) is 0 Å². The van der Waals surface area contributed by atoms with E-state index >= 15 is 0 Å². The third-order valence-corrected chi connectivity index (χ3v) is 3.54. The smallest absolute Gasteiger partial charge is 0.168 e. The van der Waals surface area contributed by atoms with Gasteiger partial charge in [0.15, 0.2) is 5.79 Å². The summed E-state index contributed by atoms with van der Waals surface area (Å²) in [6.07, 6.45) is 8.83. The molecule has 1 aliphatic heterocycles. The summed E-state index contributed by atoms with van der Waals surface area (Å²) in [7, 11) is 0. The monoisotopic (exact) mass is 212 g/mol. The molecule has 0 amide bonds. The lowest BCUT2D eigenvalue weighted by molar-refractivity contribution is -0.306. The van der Waals surface area contributed by atoms with Gasteiger partial charge in [0.05, 0.1) is 12.7 Å². The molecule has 0 bridgehead atoms. The van der Waals surface area contributed by atoms with Crippen LogP contribution in [0.2, 0.25) is 0 Å². The Balaban J connectivity index is 1.90. The van der Waals surface area contributed by atoms with E-state index in [9.17, 15) is 0 Å². The minimum absolute atomic E-state index is 0.184. The molecule has 0 aromatic rings. The van der Waals surface area contributed by atoms with Crippen LogP contribution >= 0.6 is 0 Å². The molecule has 2 nitrogen and oxygen atoms in total. The highest BCUT2D eigenvalue weighted by molar-refractivity contribution is 4.80. The average molecular weight is 212 g/mol. The summed E-state index contributed by atoms with van der Waals surface area (Å²) in [5.74, 6) is 0.546. The van der Waals surface area contributed by atoms with E-state index in [0.717, 1.165) is 31.8 Å². The SMILES string of the molecule is CC(C)CC1CCOC2(CCCCC2)O1. The van der Waals surface area contributed by atoms with Crippen molar-refractivity contribution < 1.29 is 9.47 Å². The summed E-state index contributed by atoms with van der Waals surface area (Å²) in [6.45, 7) is 5.44. The van der Waals surface area contributed by atoms with Gasteiger partial charge in [-0.15, -0.1) is 0 Å². The third kappa shape index (κ3) is 2.94. The van der Waals surface area contributed by atoms with Gasteiger partial charge in [0, 0.05) is 12.8 Å². The first-order chi connectivity index (χ1) is 7.20. The normalized spacial score (nSPS) is 31.0. The molecule has 88 valence electrons. The minimum Gasteiger partial charge on any atom is -0.350 e. The summed E-state index contributed by atoms with van der Waals surface area (Å²) >= 11 is 0. The molecule has 1 unspecified atom stereocenters. The molecule has 1 saturated heterocycles. The lowest BCUT2D eigenvalue weighted by Crippen LogP contribution is -2.46. The largest absolute Gasteiger partial charge is 0.350 e. The van der Waals surface area contributed by atoms with Crippen LogP contribution in [0.15, 0.2) is 0 Å². The Morgan fingerprint density at radius 2 is 1.93 bits per heavy atom. The minimum atomic E-state index is -0.184. The van der Waals surface area contributed by atoms with Gasteiger partial charge in [0.25, 0.3) is 0 Å². The second kappa shape index (κ2) is 4.84. The first kappa shape index (κ1) is 11.4. The van der Waals surface area contributed by atoms with Gasteiger partial charge < -0.3 is 9.47 Å². The van der Waals surface area contributed by atoms with Gasteiger partial charge in [-0.3, -0.25) is 0 Å². The molecular weight excluding hydrogens is 188 g/mol. The maximum absolute atomic E-state index is 6.20. The molecule has 0 N–H and O–H groups in total. The molecule has 1 saturated carbocycles. The van der Waals surface area contributed by atoms with Crippen LogP contribution in [-0.4, -0.2) is 18.5 Å². The van der Waals surface area contributed by atoms with Crippen molar-refractivity contribution in [2.75, 3.05) is 6.61 Å². The van der Waals surface area contributed by atoms with Gasteiger partial charge in [-0.25, -0.2) is 0 Å². The third-order valence-electron chi connectivity index (χ3n) is 3.54. The van der Waals surface area contributed by atoms with Crippen LogP contribution in [0.1, 0.15) is 58.8 Å². The Hall–Kier alpha value is -0.0800. The fraction of sp³-hybridized carbons (Fsp3) is 1.00. The molecular formula is C13H24O2. The van der Waals surface area contributed by atoms with Crippen molar-refractivity contribution in [2.24, 2.45) is 5.92 Å². The highest BCUT2D eigenvalue weighted by Gasteiger charge is 2.39. The van der Waals surface area contributed by atoms with E-state index < -0.39 is 0 Å². The summed E-state index contributed by atoms with van der Waals surface area (Å²) in [6, 6.07) is 0. The maximum atomic E-state index is 6.20. The van der Waals surface area contributed by atoms with Crippen molar-refractivity contribution in [3.8, 4) is 0 Å². The average Bonchev–Trinajstić information content (AvgIpc) is 2.17. The lowest BCUT2D eigenvalue weighted by atomic mass is 9.92. The molecule has 15 heavy (non-hydrogen) atoms. The lowest BCUT2D eigenvalue weighted by Gasteiger charge is -2.43. The van der Waals surface area contributed by atoms with Gasteiger partial charge in [0.1, 0.15) is 0 Å². The van der Waals surface area contributed by atoms with Gasteiger partial charge >= 0.3 is 0 Å². The zero-order valence-corrected chi connectivity index (χ0v) is 10.1. The predicted molar refractivity (Wildman–Crippen MR) is 60.7 cm³/mol. The summed E-state index contributed by atoms with van der Waals surface area (Å²) in [4.78, 5) is 0. The van der Waals surface area contributed by atoms with Crippen molar-refractivity contribution in [1.29, 1.82) is 0 Å². The van der Waals surface area contributed by atoms with Gasteiger partial charge in [-0.1, -0.05) is 20.3 Å². The number of hydrogen-bond acceptors (Lipinski definition) is 2. The molecule has 2 fully saturated rings. The zero-order chi connectivity index (χ0) is 10.7. The molecule has 1 aliphatic carbocycles.